The SMILES string of the molecule is COc1ccc(NCc2cccn2-c2nnc(N)s2)cc1OC. The van der Waals surface area contributed by atoms with E-state index in [-0.39, 0.29) is 0 Å². The standard InChI is InChI=1S/C15H17N5O2S/c1-21-12-6-5-10(8-13(12)22-2)17-9-11-4-3-7-20(11)15-19-18-14(16)23-15/h3-8,17H,9H2,1-2H3,(H2,16,18). The van der Waals surface area contributed by atoms with Crippen LogP contribution in [-0.4, -0.2) is 29.0 Å². The fourth-order valence-corrected chi connectivity index (χ4v) is 2.84. The first kappa shape index (κ1) is 15.2. The lowest BCUT2D eigenvalue weighted by Crippen LogP contribution is -2.05. The number of aromatic nitrogens is 3. The Bertz CT molecular complexity index is 799. The lowest BCUT2D eigenvalue weighted by Gasteiger charge is -2.12. The van der Waals surface area contributed by atoms with Crippen LogP contribution in [-0.2, 0) is 6.54 Å². The number of methoxy groups -OCH3 is 2. The van der Waals surface area contributed by atoms with Gasteiger partial charge in [-0.25, -0.2) is 0 Å². The van der Waals surface area contributed by atoms with E-state index in [1.165, 1.54) is 11.3 Å². The normalized spacial score (nSPS) is 10.5. The maximum atomic E-state index is 5.65. The van der Waals surface area contributed by atoms with Crippen molar-refractivity contribution in [3.63, 3.8) is 0 Å². The van der Waals surface area contributed by atoms with Gasteiger partial charge in [0.1, 0.15) is 0 Å². The Morgan fingerprint density at radius 3 is 2.70 bits per heavy atom. The topological polar surface area (TPSA) is 87.2 Å². The predicted molar refractivity (Wildman–Crippen MR) is 90.5 cm³/mol. The Hall–Kier alpha value is -2.74. The van der Waals surface area contributed by atoms with Gasteiger partial charge >= 0.3 is 0 Å². The van der Waals surface area contributed by atoms with Gasteiger partial charge in [0.2, 0.25) is 10.3 Å². The minimum Gasteiger partial charge on any atom is -0.493 e. The summed E-state index contributed by atoms with van der Waals surface area (Å²) in [5, 5.41) is 12.5. The average Bonchev–Trinajstić information content (AvgIpc) is 3.20. The Morgan fingerprint density at radius 2 is 2.00 bits per heavy atom. The number of nitrogens with zero attached hydrogens (tertiary/aromatic N) is 3. The minimum atomic E-state index is 0.451. The van der Waals surface area contributed by atoms with E-state index >= 15 is 0 Å². The summed E-state index contributed by atoms with van der Waals surface area (Å²) in [5.41, 5.74) is 7.64. The van der Waals surface area contributed by atoms with Gasteiger partial charge in [-0.1, -0.05) is 11.3 Å². The highest BCUT2D eigenvalue weighted by atomic mass is 32.1. The first-order valence-corrected chi connectivity index (χ1v) is 7.74. The number of nitrogens with one attached hydrogen (secondary N) is 1. The van der Waals surface area contributed by atoms with Gasteiger partial charge in [0.25, 0.3) is 0 Å². The number of ether oxygens (including phenoxy) is 2. The molecule has 2 heterocycles. The summed E-state index contributed by atoms with van der Waals surface area (Å²) in [4.78, 5) is 0. The summed E-state index contributed by atoms with van der Waals surface area (Å²) in [6.07, 6.45) is 1.94. The molecule has 1 aromatic carbocycles. The second-order valence-corrected chi connectivity index (χ2v) is 5.70. The molecule has 0 bridgehead atoms. The number of nitrogens with two attached hydrogens (primary N) is 1. The highest BCUT2D eigenvalue weighted by Crippen LogP contribution is 2.30. The fourth-order valence-electron chi connectivity index (χ4n) is 2.21. The number of nitrogen functional groups attached to an aromatic ring is 1. The Kier molecular flexibility index (Phi) is 4.33. The number of hydrogen-bond acceptors (Lipinski definition) is 7. The summed E-state index contributed by atoms with van der Waals surface area (Å²) in [7, 11) is 3.23. The molecule has 7 nitrogen and oxygen atoms in total. The van der Waals surface area contributed by atoms with E-state index in [9.17, 15) is 0 Å². The fraction of sp³-hybridized carbons (Fsp3) is 0.200. The molecule has 3 aromatic rings. The molecule has 0 atom stereocenters. The van der Waals surface area contributed by atoms with Gasteiger partial charge in [-0.2, -0.15) is 0 Å². The van der Waals surface area contributed by atoms with E-state index in [4.69, 9.17) is 15.2 Å². The van der Waals surface area contributed by atoms with Crippen LogP contribution >= 0.6 is 11.3 Å². The van der Waals surface area contributed by atoms with Crippen LogP contribution in [0.15, 0.2) is 36.5 Å². The number of anilines is 2. The second-order valence-electron chi connectivity index (χ2n) is 4.72. The van der Waals surface area contributed by atoms with Crippen molar-refractivity contribution in [2.45, 2.75) is 6.54 Å². The highest BCUT2D eigenvalue weighted by Gasteiger charge is 2.09. The maximum Gasteiger partial charge on any atom is 0.218 e. The monoisotopic (exact) mass is 331 g/mol. The molecule has 0 saturated carbocycles. The van der Waals surface area contributed by atoms with Gasteiger partial charge in [0.15, 0.2) is 11.5 Å². The molecule has 0 amide bonds. The van der Waals surface area contributed by atoms with Crippen LogP contribution in [0.3, 0.4) is 0 Å². The van der Waals surface area contributed by atoms with Crippen molar-refractivity contribution >= 4 is 22.2 Å². The van der Waals surface area contributed by atoms with E-state index in [2.05, 4.69) is 15.5 Å². The number of rotatable bonds is 6. The van der Waals surface area contributed by atoms with Crippen molar-refractivity contribution < 1.29 is 9.47 Å². The van der Waals surface area contributed by atoms with Crippen molar-refractivity contribution in [1.82, 2.24) is 14.8 Å². The largest absolute Gasteiger partial charge is 0.493 e. The van der Waals surface area contributed by atoms with E-state index in [0.29, 0.717) is 23.2 Å². The summed E-state index contributed by atoms with van der Waals surface area (Å²) in [6.45, 7) is 0.627. The zero-order chi connectivity index (χ0) is 16.2. The number of benzene rings is 1. The molecule has 8 heteroatoms. The average molecular weight is 331 g/mol. The van der Waals surface area contributed by atoms with Crippen LogP contribution in [0.1, 0.15) is 5.69 Å². The van der Waals surface area contributed by atoms with E-state index in [1.807, 2.05) is 41.1 Å². The van der Waals surface area contributed by atoms with E-state index < -0.39 is 0 Å². The molecule has 0 radical (unpaired) electrons. The van der Waals surface area contributed by atoms with Crippen molar-refractivity contribution in [3.05, 3.63) is 42.2 Å². The molecule has 3 N–H and O–H groups in total. The Labute approximate surface area is 137 Å². The molecule has 3 rings (SSSR count). The summed E-state index contributed by atoms with van der Waals surface area (Å²) < 4.78 is 12.5. The van der Waals surface area contributed by atoms with Crippen LogP contribution in [0.2, 0.25) is 0 Å². The highest BCUT2D eigenvalue weighted by molar-refractivity contribution is 7.17. The van der Waals surface area contributed by atoms with Gasteiger partial charge in [0, 0.05) is 23.6 Å². The molecule has 23 heavy (non-hydrogen) atoms. The quantitative estimate of drug-likeness (QED) is 0.722. The molecule has 0 aliphatic heterocycles. The van der Waals surface area contributed by atoms with Crippen molar-refractivity contribution in [1.29, 1.82) is 0 Å². The first-order chi connectivity index (χ1) is 11.2. The lowest BCUT2D eigenvalue weighted by molar-refractivity contribution is 0.355. The van der Waals surface area contributed by atoms with Crippen LogP contribution in [0.25, 0.3) is 5.13 Å². The van der Waals surface area contributed by atoms with Crippen molar-refractivity contribution in [2.75, 3.05) is 25.3 Å². The molecule has 2 aromatic heterocycles. The predicted octanol–water partition coefficient (Wildman–Crippen LogP) is 2.54. The third-order valence-corrected chi connectivity index (χ3v) is 4.08. The van der Waals surface area contributed by atoms with Crippen LogP contribution in [0.5, 0.6) is 11.5 Å². The van der Waals surface area contributed by atoms with Crippen molar-refractivity contribution in [2.24, 2.45) is 0 Å². The van der Waals surface area contributed by atoms with Gasteiger partial charge in [-0.15, -0.1) is 10.2 Å². The summed E-state index contributed by atoms with van der Waals surface area (Å²) in [5.74, 6) is 1.38. The van der Waals surface area contributed by atoms with E-state index in [1.54, 1.807) is 14.2 Å². The van der Waals surface area contributed by atoms with Gasteiger partial charge < -0.3 is 20.5 Å². The molecule has 0 aliphatic rings. The zero-order valence-corrected chi connectivity index (χ0v) is 13.6. The minimum absolute atomic E-state index is 0.451. The smallest absolute Gasteiger partial charge is 0.218 e. The Morgan fingerprint density at radius 1 is 1.17 bits per heavy atom. The van der Waals surface area contributed by atoms with Crippen LogP contribution in [0, 0.1) is 0 Å². The number of hydrogen-bond donors (Lipinski definition) is 2. The third-order valence-electron chi connectivity index (χ3n) is 3.33. The zero-order valence-electron chi connectivity index (χ0n) is 12.8. The van der Waals surface area contributed by atoms with Crippen LogP contribution < -0.4 is 20.5 Å². The molecule has 0 unspecified atom stereocenters. The van der Waals surface area contributed by atoms with Crippen LogP contribution in [0.4, 0.5) is 10.8 Å². The van der Waals surface area contributed by atoms with Gasteiger partial charge in [-0.05, 0) is 24.3 Å². The van der Waals surface area contributed by atoms with E-state index in [0.717, 1.165) is 16.5 Å². The first-order valence-electron chi connectivity index (χ1n) is 6.92. The molecule has 0 saturated heterocycles. The molecule has 120 valence electrons. The molecule has 0 aliphatic carbocycles. The summed E-state index contributed by atoms with van der Waals surface area (Å²) in [6, 6.07) is 9.69. The molecule has 0 fully saturated rings. The second kappa shape index (κ2) is 6.57. The van der Waals surface area contributed by atoms with Gasteiger partial charge in [0.05, 0.1) is 20.8 Å². The summed E-state index contributed by atoms with van der Waals surface area (Å²) >= 11 is 1.35. The Balaban J connectivity index is 1.76. The molecule has 0 spiro atoms. The molecular weight excluding hydrogens is 314 g/mol. The van der Waals surface area contributed by atoms with Gasteiger partial charge in [-0.3, -0.25) is 4.57 Å². The third kappa shape index (κ3) is 3.21. The maximum absolute atomic E-state index is 5.65. The molecular formula is C15H17N5O2S. The lowest BCUT2D eigenvalue weighted by atomic mass is 10.2. The van der Waals surface area contributed by atoms with Crippen molar-refractivity contribution in [3.8, 4) is 16.6 Å².